The van der Waals surface area contributed by atoms with Crippen molar-refractivity contribution in [2.75, 3.05) is 39.9 Å². The molecule has 1 atom stereocenters. The van der Waals surface area contributed by atoms with Crippen molar-refractivity contribution in [3.63, 3.8) is 0 Å². The molecule has 2 aliphatic heterocycles. The maximum atomic E-state index is 12.0. The topological polar surface area (TPSA) is 66.0 Å². The Labute approximate surface area is 149 Å². The maximum absolute atomic E-state index is 12.0. The van der Waals surface area contributed by atoms with Crippen LogP contribution in [-0.2, 0) is 16.1 Å². The first-order chi connectivity index (χ1) is 12.2. The van der Waals surface area contributed by atoms with Gasteiger partial charge in [-0.2, -0.15) is 0 Å². The zero-order valence-corrected chi connectivity index (χ0v) is 15.0. The van der Waals surface area contributed by atoms with Gasteiger partial charge in [0.25, 0.3) is 0 Å². The van der Waals surface area contributed by atoms with Gasteiger partial charge in [-0.05, 0) is 18.4 Å². The van der Waals surface area contributed by atoms with Crippen molar-refractivity contribution in [3.05, 3.63) is 35.9 Å². The van der Waals surface area contributed by atoms with Crippen LogP contribution in [0.5, 0.6) is 0 Å². The van der Waals surface area contributed by atoms with Crippen molar-refractivity contribution in [1.29, 1.82) is 0 Å². The van der Waals surface area contributed by atoms with E-state index in [4.69, 9.17) is 4.74 Å². The van der Waals surface area contributed by atoms with Crippen LogP contribution in [0.4, 0.5) is 0 Å². The molecule has 6 nitrogen and oxygen atoms in total. The molecule has 3 rings (SSSR count). The van der Waals surface area contributed by atoms with Gasteiger partial charge in [-0.15, -0.1) is 0 Å². The molecular weight excluding hydrogens is 316 g/mol. The highest BCUT2D eigenvalue weighted by atomic mass is 16.5. The summed E-state index contributed by atoms with van der Waals surface area (Å²) in [5, 5.41) is 6.27. The zero-order chi connectivity index (χ0) is 17.5. The average Bonchev–Trinajstić information content (AvgIpc) is 3.28. The maximum Gasteiger partial charge on any atom is 0.222 e. The third-order valence-electron chi connectivity index (χ3n) is 5.10. The highest BCUT2D eigenvalue weighted by molar-refractivity contribution is 5.81. The molecule has 1 aromatic rings. The molecule has 136 valence electrons. The first-order valence-electron chi connectivity index (χ1n) is 9.05. The number of nitrogens with zero attached hydrogens (tertiary/aromatic N) is 2. The average molecular weight is 344 g/mol. The van der Waals surface area contributed by atoms with Gasteiger partial charge in [0.15, 0.2) is 5.96 Å². The van der Waals surface area contributed by atoms with E-state index >= 15 is 0 Å². The largest absolute Gasteiger partial charge is 0.381 e. The zero-order valence-electron chi connectivity index (χ0n) is 15.0. The van der Waals surface area contributed by atoms with Crippen LogP contribution in [0.3, 0.4) is 0 Å². The second-order valence-corrected chi connectivity index (χ2v) is 6.96. The lowest BCUT2D eigenvalue weighted by Crippen LogP contribution is -2.42. The van der Waals surface area contributed by atoms with Crippen LogP contribution in [-0.4, -0.2) is 56.7 Å². The summed E-state index contributed by atoms with van der Waals surface area (Å²) in [4.78, 5) is 18.7. The van der Waals surface area contributed by atoms with Crippen molar-refractivity contribution >= 4 is 11.9 Å². The summed E-state index contributed by atoms with van der Waals surface area (Å²) in [6.45, 7) is 4.90. The summed E-state index contributed by atoms with van der Waals surface area (Å²) in [6, 6.07) is 9.95. The van der Waals surface area contributed by atoms with E-state index in [0.29, 0.717) is 24.9 Å². The Morgan fingerprint density at radius 1 is 1.28 bits per heavy atom. The van der Waals surface area contributed by atoms with Crippen LogP contribution in [0, 0.1) is 5.41 Å². The lowest BCUT2D eigenvalue weighted by molar-refractivity contribution is -0.121. The number of guanidine groups is 1. The number of hydrogen-bond donors (Lipinski definition) is 2. The number of carbonyl (C=O) groups is 1. The Morgan fingerprint density at radius 2 is 2.12 bits per heavy atom. The fourth-order valence-corrected chi connectivity index (χ4v) is 3.59. The second kappa shape index (κ2) is 8.34. The van der Waals surface area contributed by atoms with E-state index in [1.165, 1.54) is 0 Å². The number of hydrogen-bond acceptors (Lipinski definition) is 3. The summed E-state index contributed by atoms with van der Waals surface area (Å²) in [7, 11) is 1.80. The Bertz CT molecular complexity index is 597. The molecule has 0 saturated carbocycles. The summed E-state index contributed by atoms with van der Waals surface area (Å²) in [5.41, 5.74) is 1.42. The Balaban J connectivity index is 1.38. The van der Waals surface area contributed by atoms with E-state index in [2.05, 4.69) is 20.5 Å². The molecule has 2 saturated heterocycles. The lowest BCUT2D eigenvalue weighted by atomic mass is 9.87. The van der Waals surface area contributed by atoms with Gasteiger partial charge in [0.2, 0.25) is 5.91 Å². The molecule has 0 aliphatic carbocycles. The molecule has 0 aromatic heterocycles. The molecule has 0 radical (unpaired) electrons. The molecule has 1 amide bonds. The Morgan fingerprint density at radius 3 is 2.84 bits per heavy atom. The van der Waals surface area contributed by atoms with E-state index in [9.17, 15) is 4.79 Å². The van der Waals surface area contributed by atoms with Crippen molar-refractivity contribution < 1.29 is 9.53 Å². The smallest absolute Gasteiger partial charge is 0.222 e. The molecule has 1 aromatic carbocycles. The van der Waals surface area contributed by atoms with E-state index in [0.717, 1.165) is 50.7 Å². The van der Waals surface area contributed by atoms with Gasteiger partial charge in [0, 0.05) is 51.7 Å². The number of likely N-dealkylation sites (tertiary alicyclic amines) is 1. The highest BCUT2D eigenvalue weighted by Gasteiger charge is 2.42. The van der Waals surface area contributed by atoms with Gasteiger partial charge in [0.05, 0.1) is 6.61 Å². The Hall–Kier alpha value is -2.08. The molecule has 6 heteroatoms. The monoisotopic (exact) mass is 344 g/mol. The second-order valence-electron chi connectivity index (χ2n) is 6.96. The quantitative estimate of drug-likeness (QED) is 0.626. The summed E-state index contributed by atoms with van der Waals surface area (Å²) in [6.07, 6.45) is 2.74. The lowest BCUT2D eigenvalue weighted by Gasteiger charge is -2.24. The number of aliphatic imine (C=N–C) groups is 1. The minimum absolute atomic E-state index is 0.0499. The van der Waals surface area contributed by atoms with Crippen molar-refractivity contribution in [1.82, 2.24) is 15.5 Å². The SMILES string of the molecule is CN=C(NCCC(=O)NCc1ccccc1)N1CCC2(CCOC2)C1. The van der Waals surface area contributed by atoms with Crippen molar-refractivity contribution in [2.45, 2.75) is 25.8 Å². The molecule has 2 N–H and O–H groups in total. The number of carbonyl (C=O) groups excluding carboxylic acids is 1. The number of nitrogens with one attached hydrogen (secondary N) is 2. The fourth-order valence-electron chi connectivity index (χ4n) is 3.59. The van der Waals surface area contributed by atoms with E-state index in [-0.39, 0.29) is 5.91 Å². The number of benzene rings is 1. The van der Waals surface area contributed by atoms with Gasteiger partial charge in [-0.3, -0.25) is 9.79 Å². The molecular formula is C19H28N4O2. The first-order valence-corrected chi connectivity index (χ1v) is 9.05. The van der Waals surface area contributed by atoms with Gasteiger partial charge < -0.3 is 20.3 Å². The third kappa shape index (κ3) is 4.72. The predicted molar refractivity (Wildman–Crippen MR) is 98.3 cm³/mol. The molecule has 1 unspecified atom stereocenters. The van der Waals surface area contributed by atoms with E-state index in [1.807, 2.05) is 30.3 Å². The Kier molecular flexibility index (Phi) is 5.91. The van der Waals surface area contributed by atoms with E-state index < -0.39 is 0 Å². The summed E-state index contributed by atoms with van der Waals surface area (Å²) < 4.78 is 5.58. The molecule has 0 bridgehead atoms. The van der Waals surface area contributed by atoms with Gasteiger partial charge >= 0.3 is 0 Å². The number of ether oxygens (including phenoxy) is 1. The van der Waals surface area contributed by atoms with Crippen LogP contribution in [0.2, 0.25) is 0 Å². The summed E-state index contributed by atoms with van der Waals surface area (Å²) in [5.74, 6) is 0.938. The highest BCUT2D eigenvalue weighted by Crippen LogP contribution is 2.38. The number of amides is 1. The van der Waals surface area contributed by atoms with Gasteiger partial charge in [-0.1, -0.05) is 30.3 Å². The first kappa shape index (κ1) is 17.7. The van der Waals surface area contributed by atoms with Crippen LogP contribution >= 0.6 is 0 Å². The van der Waals surface area contributed by atoms with Crippen LogP contribution < -0.4 is 10.6 Å². The molecule has 1 spiro atoms. The molecule has 2 aliphatic rings. The minimum Gasteiger partial charge on any atom is -0.381 e. The van der Waals surface area contributed by atoms with Crippen molar-refractivity contribution in [2.24, 2.45) is 10.4 Å². The van der Waals surface area contributed by atoms with E-state index in [1.54, 1.807) is 7.05 Å². The number of rotatable bonds is 5. The minimum atomic E-state index is 0.0499. The van der Waals surface area contributed by atoms with Gasteiger partial charge in [-0.25, -0.2) is 0 Å². The standard InChI is InChI=1S/C19H28N4O2/c1-20-18(23-11-8-19(14-23)9-12-25-15-19)21-10-7-17(24)22-13-16-5-3-2-4-6-16/h2-6H,7-15H2,1H3,(H,20,21)(H,22,24). The van der Waals surface area contributed by atoms with Crippen LogP contribution in [0.25, 0.3) is 0 Å². The molecule has 25 heavy (non-hydrogen) atoms. The van der Waals surface area contributed by atoms with Crippen LogP contribution in [0.1, 0.15) is 24.8 Å². The van der Waals surface area contributed by atoms with Crippen LogP contribution in [0.15, 0.2) is 35.3 Å². The predicted octanol–water partition coefficient (Wildman–Crippen LogP) is 1.38. The fraction of sp³-hybridized carbons (Fsp3) is 0.579. The van der Waals surface area contributed by atoms with Gasteiger partial charge in [0.1, 0.15) is 0 Å². The summed E-state index contributed by atoms with van der Waals surface area (Å²) >= 11 is 0. The van der Waals surface area contributed by atoms with Crippen molar-refractivity contribution in [3.8, 4) is 0 Å². The molecule has 2 heterocycles. The third-order valence-corrected chi connectivity index (χ3v) is 5.10. The normalized spacial score (nSPS) is 23.2. The molecule has 2 fully saturated rings.